The quantitative estimate of drug-likeness (QED) is 0.169. The monoisotopic (exact) mass is 589 g/mol. The van der Waals surface area contributed by atoms with E-state index in [1.54, 1.807) is 44.2 Å². The van der Waals surface area contributed by atoms with Gasteiger partial charge in [-0.25, -0.2) is 4.57 Å². The Morgan fingerprint density at radius 1 is 0.976 bits per heavy atom. The maximum absolute atomic E-state index is 14.2. The van der Waals surface area contributed by atoms with Gasteiger partial charge in [-0.15, -0.1) is 0 Å². The molecule has 1 fully saturated rings. The first-order valence-electron chi connectivity index (χ1n) is 14.6. The number of esters is 2. The predicted molar refractivity (Wildman–Crippen MR) is 156 cm³/mol. The van der Waals surface area contributed by atoms with Gasteiger partial charge in [0.15, 0.2) is 0 Å². The second-order valence-corrected chi connectivity index (χ2v) is 12.2. The van der Waals surface area contributed by atoms with Crippen molar-refractivity contribution in [2.24, 2.45) is 5.92 Å². The second-order valence-electron chi connectivity index (χ2n) is 10.5. The van der Waals surface area contributed by atoms with Crippen LogP contribution in [0, 0.1) is 5.92 Å². The molecular formula is C31H44NO8P. The number of ether oxygens (including phenoxy) is 3. The van der Waals surface area contributed by atoms with Crippen LogP contribution in [-0.2, 0) is 39.3 Å². The number of carbonyl (C=O) groups excluding carboxylic acids is 2. The van der Waals surface area contributed by atoms with Gasteiger partial charge in [0.1, 0.15) is 24.0 Å². The summed E-state index contributed by atoms with van der Waals surface area (Å²) in [7, 11) is -4.16. The topological polar surface area (TPSA) is 109 Å². The number of nitrogens with one attached hydrogen (secondary N) is 1. The molecule has 0 radical (unpaired) electrons. The van der Waals surface area contributed by atoms with Gasteiger partial charge in [0.2, 0.25) is 0 Å². The predicted octanol–water partition coefficient (Wildman–Crippen LogP) is 6.26. The first kappa shape index (κ1) is 32.8. The Hall–Kier alpha value is -2.71. The highest BCUT2D eigenvalue weighted by atomic mass is 31.2. The van der Waals surface area contributed by atoms with E-state index in [1.807, 2.05) is 44.2 Å². The van der Waals surface area contributed by atoms with Gasteiger partial charge in [-0.05, 0) is 50.8 Å². The molecule has 9 nitrogen and oxygen atoms in total. The minimum Gasteiger partial charge on any atom is -0.462 e. The second kappa shape index (κ2) is 16.7. The van der Waals surface area contributed by atoms with Crippen LogP contribution in [0.5, 0.6) is 5.75 Å². The fourth-order valence-electron chi connectivity index (χ4n) is 4.66. The number of para-hydroxylation sites is 1. The molecular weight excluding hydrogens is 545 g/mol. The third kappa shape index (κ3) is 10.9. The average molecular weight is 590 g/mol. The summed E-state index contributed by atoms with van der Waals surface area (Å²) in [6.45, 7) is 7.80. The third-order valence-electron chi connectivity index (χ3n) is 6.63. The maximum Gasteiger partial charge on any atom is 0.459 e. The Morgan fingerprint density at radius 3 is 2.22 bits per heavy atom. The first-order valence-corrected chi connectivity index (χ1v) is 16.1. The van der Waals surface area contributed by atoms with Gasteiger partial charge in [0, 0.05) is 6.42 Å². The van der Waals surface area contributed by atoms with Crippen LogP contribution in [0.25, 0.3) is 0 Å². The molecule has 2 aromatic rings. The van der Waals surface area contributed by atoms with Crippen molar-refractivity contribution >= 4 is 19.7 Å². The molecule has 1 saturated heterocycles. The molecule has 0 aliphatic carbocycles. The first-order chi connectivity index (χ1) is 19.7. The number of hydrogen-bond donors (Lipinski definition) is 1. The normalized spacial score (nSPS) is 19.1. The van der Waals surface area contributed by atoms with E-state index in [0.29, 0.717) is 18.8 Å². The summed E-state index contributed by atoms with van der Waals surface area (Å²) in [6.07, 6.45) is 2.49. The zero-order valence-electron chi connectivity index (χ0n) is 24.5. The molecule has 0 aromatic heterocycles. The van der Waals surface area contributed by atoms with Gasteiger partial charge >= 0.3 is 19.7 Å². The Bertz CT molecular complexity index is 1110. The fraction of sp³-hybridized carbons (Fsp3) is 0.548. The molecule has 41 heavy (non-hydrogen) atoms. The molecule has 4 atom stereocenters. The highest BCUT2D eigenvalue weighted by molar-refractivity contribution is 7.52. The molecule has 10 heteroatoms. The van der Waals surface area contributed by atoms with Gasteiger partial charge in [0.05, 0.1) is 25.2 Å². The standard InChI is InChI=1S/C31H44NO8P/c1-5-13-25(14-6-2)30(33)39-28-19-20-36-29(28)22-37-41(35,40-26-17-11-8-12-18-26)32-27(31(34)38-23(3)4)21-24-15-9-7-10-16-24/h7-12,15-18,23,25,27-29H,5-6,13-14,19-22H2,1-4H3,(H,32,35)/t27-,28?,29?,41-/m0/s1. The summed E-state index contributed by atoms with van der Waals surface area (Å²) in [6, 6.07) is 16.9. The van der Waals surface area contributed by atoms with Crippen molar-refractivity contribution in [2.45, 2.75) is 90.6 Å². The summed E-state index contributed by atoms with van der Waals surface area (Å²) < 4.78 is 43.1. The Balaban J connectivity index is 1.77. The molecule has 0 bridgehead atoms. The smallest absolute Gasteiger partial charge is 0.459 e. The van der Waals surface area contributed by atoms with Crippen molar-refractivity contribution in [2.75, 3.05) is 13.2 Å². The van der Waals surface area contributed by atoms with Crippen molar-refractivity contribution in [3.63, 3.8) is 0 Å². The Kier molecular flexibility index (Phi) is 13.3. The van der Waals surface area contributed by atoms with Crippen LogP contribution in [0.2, 0.25) is 0 Å². The van der Waals surface area contributed by atoms with Crippen molar-refractivity contribution in [1.29, 1.82) is 0 Å². The minimum absolute atomic E-state index is 0.160. The Morgan fingerprint density at radius 2 is 1.61 bits per heavy atom. The van der Waals surface area contributed by atoms with E-state index in [4.69, 9.17) is 23.3 Å². The lowest BCUT2D eigenvalue weighted by atomic mass is 9.98. The number of benzene rings is 2. The van der Waals surface area contributed by atoms with Gasteiger partial charge < -0.3 is 18.7 Å². The molecule has 0 spiro atoms. The number of hydrogen-bond acceptors (Lipinski definition) is 8. The van der Waals surface area contributed by atoms with Gasteiger partial charge in [-0.2, -0.15) is 5.09 Å². The van der Waals surface area contributed by atoms with E-state index in [2.05, 4.69) is 5.09 Å². The van der Waals surface area contributed by atoms with E-state index in [-0.39, 0.29) is 31.0 Å². The van der Waals surface area contributed by atoms with Crippen LogP contribution in [0.3, 0.4) is 0 Å². The average Bonchev–Trinajstić information content (AvgIpc) is 3.39. The summed E-state index contributed by atoms with van der Waals surface area (Å²) >= 11 is 0. The molecule has 226 valence electrons. The maximum atomic E-state index is 14.2. The molecule has 3 rings (SSSR count). The van der Waals surface area contributed by atoms with Crippen molar-refractivity contribution in [3.05, 3.63) is 66.2 Å². The molecule has 0 saturated carbocycles. The minimum atomic E-state index is -4.16. The van der Waals surface area contributed by atoms with E-state index in [9.17, 15) is 14.2 Å². The number of rotatable bonds is 17. The third-order valence-corrected chi connectivity index (χ3v) is 8.20. The molecule has 0 amide bonds. The van der Waals surface area contributed by atoms with Crippen molar-refractivity contribution < 1.29 is 37.4 Å². The number of carbonyl (C=O) groups is 2. The van der Waals surface area contributed by atoms with E-state index in [1.165, 1.54) is 0 Å². The van der Waals surface area contributed by atoms with E-state index >= 15 is 0 Å². The van der Waals surface area contributed by atoms with Crippen LogP contribution in [0.1, 0.15) is 65.4 Å². The fourth-order valence-corrected chi connectivity index (χ4v) is 6.16. The molecule has 2 aromatic carbocycles. The molecule has 1 heterocycles. The van der Waals surface area contributed by atoms with Gasteiger partial charge in [0.25, 0.3) is 0 Å². The largest absolute Gasteiger partial charge is 0.462 e. The van der Waals surface area contributed by atoms with Crippen LogP contribution < -0.4 is 9.61 Å². The van der Waals surface area contributed by atoms with Crippen LogP contribution in [0.4, 0.5) is 0 Å². The SMILES string of the molecule is CCCC(CCC)C(=O)OC1CCOC1CO[P@@](=O)(N[C@@H](Cc1ccccc1)C(=O)OC(C)C)Oc1ccccc1. The summed E-state index contributed by atoms with van der Waals surface area (Å²) in [5.41, 5.74) is 0.844. The highest BCUT2D eigenvalue weighted by Crippen LogP contribution is 2.46. The Labute approximate surface area is 243 Å². The molecule has 1 aliphatic rings. The lowest BCUT2D eigenvalue weighted by Crippen LogP contribution is -2.41. The van der Waals surface area contributed by atoms with Gasteiger partial charge in [-0.1, -0.05) is 75.2 Å². The van der Waals surface area contributed by atoms with Crippen LogP contribution >= 0.6 is 7.75 Å². The molecule has 1 N–H and O–H groups in total. The summed E-state index contributed by atoms with van der Waals surface area (Å²) in [5, 5.41) is 2.84. The summed E-state index contributed by atoms with van der Waals surface area (Å²) in [5.74, 6) is -0.676. The lowest BCUT2D eigenvalue weighted by Gasteiger charge is -2.27. The van der Waals surface area contributed by atoms with Crippen LogP contribution in [-0.4, -0.2) is 49.5 Å². The zero-order chi connectivity index (χ0) is 29.7. The highest BCUT2D eigenvalue weighted by Gasteiger charge is 2.39. The summed E-state index contributed by atoms with van der Waals surface area (Å²) in [4.78, 5) is 26.0. The van der Waals surface area contributed by atoms with Crippen molar-refractivity contribution in [1.82, 2.24) is 5.09 Å². The molecule has 1 aliphatic heterocycles. The van der Waals surface area contributed by atoms with Crippen molar-refractivity contribution in [3.8, 4) is 5.75 Å². The lowest BCUT2D eigenvalue weighted by molar-refractivity contribution is -0.158. The van der Waals surface area contributed by atoms with Crippen LogP contribution in [0.15, 0.2) is 60.7 Å². The zero-order valence-corrected chi connectivity index (χ0v) is 25.4. The molecule has 2 unspecified atom stereocenters. The van der Waals surface area contributed by atoms with Gasteiger partial charge in [-0.3, -0.25) is 14.1 Å². The van der Waals surface area contributed by atoms with E-state index < -0.39 is 32.0 Å². The van der Waals surface area contributed by atoms with E-state index in [0.717, 1.165) is 31.2 Å².